The van der Waals surface area contributed by atoms with E-state index < -0.39 is 0 Å². The molecule has 0 radical (unpaired) electrons. The molecular formula is C17H21N. The summed E-state index contributed by atoms with van der Waals surface area (Å²) in [7, 11) is 0. The second-order valence-corrected chi connectivity index (χ2v) is 5.92. The van der Waals surface area contributed by atoms with E-state index in [2.05, 4.69) is 64.1 Å². The fourth-order valence-electron chi connectivity index (χ4n) is 2.09. The monoisotopic (exact) mass is 239 g/mol. The largest absolute Gasteiger partial charge is 0.398 e. The minimum Gasteiger partial charge on any atom is -0.398 e. The molecule has 0 aliphatic carbocycles. The molecule has 0 saturated carbocycles. The van der Waals surface area contributed by atoms with E-state index in [-0.39, 0.29) is 5.41 Å². The first kappa shape index (κ1) is 12.7. The summed E-state index contributed by atoms with van der Waals surface area (Å²) >= 11 is 0. The molecule has 2 N–H and O–H groups in total. The molecule has 18 heavy (non-hydrogen) atoms. The zero-order chi connectivity index (χ0) is 13.3. The van der Waals surface area contributed by atoms with Crippen molar-refractivity contribution in [1.82, 2.24) is 0 Å². The third-order valence-corrected chi connectivity index (χ3v) is 3.27. The lowest BCUT2D eigenvalue weighted by Gasteiger charge is -2.19. The minimum absolute atomic E-state index is 0.192. The van der Waals surface area contributed by atoms with Crippen LogP contribution < -0.4 is 5.73 Å². The highest BCUT2D eigenvalue weighted by Crippen LogP contribution is 2.29. The maximum atomic E-state index is 6.08. The van der Waals surface area contributed by atoms with Crippen molar-refractivity contribution in [2.24, 2.45) is 0 Å². The van der Waals surface area contributed by atoms with Crippen LogP contribution in [-0.2, 0) is 5.41 Å². The molecule has 0 unspecified atom stereocenters. The minimum atomic E-state index is 0.192. The number of nitrogen functional groups attached to an aromatic ring is 1. The predicted molar refractivity (Wildman–Crippen MR) is 79.7 cm³/mol. The first-order valence-corrected chi connectivity index (χ1v) is 6.35. The first-order valence-electron chi connectivity index (χ1n) is 6.35. The van der Waals surface area contributed by atoms with E-state index >= 15 is 0 Å². The van der Waals surface area contributed by atoms with E-state index in [1.54, 1.807) is 0 Å². The molecule has 0 heterocycles. The third kappa shape index (κ3) is 2.56. The lowest BCUT2D eigenvalue weighted by Crippen LogP contribution is -2.10. The number of aryl methyl sites for hydroxylation is 1. The Morgan fingerprint density at radius 3 is 2.00 bits per heavy atom. The number of hydrogen-bond acceptors (Lipinski definition) is 1. The van der Waals surface area contributed by atoms with Gasteiger partial charge in [-0.05, 0) is 35.1 Å². The van der Waals surface area contributed by atoms with Crippen LogP contribution in [0.5, 0.6) is 0 Å². The number of nitrogens with two attached hydrogens (primary N) is 1. The number of benzene rings is 2. The van der Waals surface area contributed by atoms with Crippen molar-refractivity contribution in [1.29, 1.82) is 0 Å². The Balaban J connectivity index is 2.41. The summed E-state index contributed by atoms with van der Waals surface area (Å²) in [4.78, 5) is 0. The van der Waals surface area contributed by atoms with Gasteiger partial charge in [0.1, 0.15) is 0 Å². The van der Waals surface area contributed by atoms with E-state index in [0.29, 0.717) is 0 Å². The molecule has 0 atom stereocenters. The van der Waals surface area contributed by atoms with Crippen LogP contribution in [0.15, 0.2) is 42.5 Å². The third-order valence-electron chi connectivity index (χ3n) is 3.27. The number of anilines is 1. The molecule has 94 valence electrons. The molecule has 2 aromatic carbocycles. The first-order chi connectivity index (χ1) is 8.38. The van der Waals surface area contributed by atoms with Gasteiger partial charge in [0.15, 0.2) is 0 Å². The van der Waals surface area contributed by atoms with E-state index in [1.165, 1.54) is 16.7 Å². The van der Waals surface area contributed by atoms with Crippen molar-refractivity contribution in [3.8, 4) is 11.1 Å². The van der Waals surface area contributed by atoms with Crippen molar-refractivity contribution in [3.05, 3.63) is 53.6 Å². The molecule has 2 rings (SSSR count). The molecule has 1 nitrogen and oxygen atoms in total. The number of hydrogen-bond donors (Lipinski definition) is 1. The van der Waals surface area contributed by atoms with Gasteiger partial charge in [0.05, 0.1) is 0 Å². The molecule has 0 saturated heterocycles. The molecular weight excluding hydrogens is 218 g/mol. The fraction of sp³-hybridized carbons (Fsp3) is 0.294. The maximum absolute atomic E-state index is 6.08. The van der Waals surface area contributed by atoms with Crippen LogP contribution in [0.1, 0.15) is 31.9 Å². The van der Waals surface area contributed by atoms with Crippen molar-refractivity contribution in [3.63, 3.8) is 0 Å². The van der Waals surface area contributed by atoms with Crippen molar-refractivity contribution < 1.29 is 0 Å². The van der Waals surface area contributed by atoms with Crippen LogP contribution in [0.4, 0.5) is 5.69 Å². The Morgan fingerprint density at radius 1 is 0.889 bits per heavy atom. The average Bonchev–Trinajstić information content (AvgIpc) is 2.28. The number of rotatable bonds is 1. The van der Waals surface area contributed by atoms with Crippen LogP contribution in [-0.4, -0.2) is 0 Å². The summed E-state index contributed by atoms with van der Waals surface area (Å²) in [5.74, 6) is 0. The van der Waals surface area contributed by atoms with Gasteiger partial charge in [0.2, 0.25) is 0 Å². The Hall–Kier alpha value is -1.76. The Labute approximate surface area is 110 Å². The highest BCUT2D eigenvalue weighted by atomic mass is 14.6. The van der Waals surface area contributed by atoms with Gasteiger partial charge < -0.3 is 5.73 Å². The fourth-order valence-corrected chi connectivity index (χ4v) is 2.09. The molecule has 0 amide bonds. The zero-order valence-electron chi connectivity index (χ0n) is 11.6. The summed E-state index contributed by atoms with van der Waals surface area (Å²) in [6.07, 6.45) is 0. The molecule has 0 fully saturated rings. The Bertz CT molecular complexity index is 545. The maximum Gasteiger partial charge on any atom is 0.0396 e. The van der Waals surface area contributed by atoms with Gasteiger partial charge in [-0.1, -0.05) is 57.2 Å². The molecule has 2 aromatic rings. The molecule has 0 spiro atoms. The highest BCUT2D eigenvalue weighted by molar-refractivity contribution is 5.76. The van der Waals surface area contributed by atoms with Gasteiger partial charge in [-0.3, -0.25) is 0 Å². The van der Waals surface area contributed by atoms with Crippen LogP contribution in [0, 0.1) is 6.92 Å². The van der Waals surface area contributed by atoms with Crippen LogP contribution in [0.25, 0.3) is 11.1 Å². The summed E-state index contributed by atoms with van der Waals surface area (Å²) in [6.45, 7) is 8.73. The molecule has 0 aliphatic rings. The predicted octanol–water partition coefficient (Wildman–Crippen LogP) is 4.54. The zero-order valence-corrected chi connectivity index (χ0v) is 11.6. The van der Waals surface area contributed by atoms with Gasteiger partial charge in [-0.25, -0.2) is 0 Å². The van der Waals surface area contributed by atoms with Gasteiger partial charge in [0, 0.05) is 11.3 Å². The molecule has 1 heteroatoms. The van der Waals surface area contributed by atoms with Crippen molar-refractivity contribution in [2.45, 2.75) is 33.1 Å². The second kappa shape index (κ2) is 4.49. The van der Waals surface area contributed by atoms with E-state index in [0.717, 1.165) is 11.3 Å². The standard InChI is InChI=1S/C17H21N/c1-12-5-10-15(16(18)11-12)13-6-8-14(9-7-13)17(2,3)4/h5-11H,18H2,1-4H3. The molecule has 0 bridgehead atoms. The van der Waals surface area contributed by atoms with Crippen molar-refractivity contribution in [2.75, 3.05) is 5.73 Å². The van der Waals surface area contributed by atoms with Crippen molar-refractivity contribution >= 4 is 5.69 Å². The summed E-state index contributed by atoms with van der Waals surface area (Å²) < 4.78 is 0. The van der Waals surface area contributed by atoms with E-state index in [4.69, 9.17) is 5.73 Å². The lowest BCUT2D eigenvalue weighted by atomic mass is 9.86. The van der Waals surface area contributed by atoms with Gasteiger partial charge in [-0.15, -0.1) is 0 Å². The van der Waals surface area contributed by atoms with Crippen LogP contribution >= 0.6 is 0 Å². The van der Waals surface area contributed by atoms with E-state index in [1.807, 2.05) is 6.07 Å². The Kier molecular flexibility index (Phi) is 3.16. The summed E-state index contributed by atoms with van der Waals surface area (Å²) in [5, 5.41) is 0. The quantitative estimate of drug-likeness (QED) is 0.726. The smallest absolute Gasteiger partial charge is 0.0396 e. The van der Waals surface area contributed by atoms with Crippen LogP contribution in [0.3, 0.4) is 0 Å². The SMILES string of the molecule is Cc1ccc(-c2ccc(C(C)(C)C)cc2)c(N)c1. The summed E-state index contributed by atoms with van der Waals surface area (Å²) in [6, 6.07) is 14.9. The average molecular weight is 239 g/mol. The van der Waals surface area contributed by atoms with E-state index in [9.17, 15) is 0 Å². The summed E-state index contributed by atoms with van der Waals surface area (Å²) in [5.41, 5.74) is 11.9. The van der Waals surface area contributed by atoms with Gasteiger partial charge in [0.25, 0.3) is 0 Å². The lowest BCUT2D eigenvalue weighted by molar-refractivity contribution is 0.590. The highest BCUT2D eigenvalue weighted by Gasteiger charge is 2.13. The molecule has 0 aromatic heterocycles. The molecule has 0 aliphatic heterocycles. The Morgan fingerprint density at radius 2 is 1.50 bits per heavy atom. The normalized spacial score (nSPS) is 11.6. The second-order valence-electron chi connectivity index (χ2n) is 5.92. The van der Waals surface area contributed by atoms with Gasteiger partial charge in [-0.2, -0.15) is 0 Å². The van der Waals surface area contributed by atoms with Crippen LogP contribution in [0.2, 0.25) is 0 Å². The van der Waals surface area contributed by atoms with Gasteiger partial charge >= 0.3 is 0 Å². The topological polar surface area (TPSA) is 26.0 Å².